The van der Waals surface area contributed by atoms with Crippen molar-refractivity contribution in [3.05, 3.63) is 65.7 Å². The van der Waals surface area contributed by atoms with Crippen molar-refractivity contribution in [1.82, 2.24) is 5.32 Å². The van der Waals surface area contributed by atoms with E-state index < -0.39 is 0 Å². The van der Waals surface area contributed by atoms with Gasteiger partial charge in [0.25, 0.3) is 0 Å². The molecule has 19 heavy (non-hydrogen) atoms. The van der Waals surface area contributed by atoms with Crippen molar-refractivity contribution >= 4 is 0 Å². The quantitative estimate of drug-likeness (QED) is 0.849. The Hall–Kier alpha value is -1.80. The monoisotopic (exact) mass is 255 g/mol. The minimum atomic E-state index is 0.292. The number of benzene rings is 2. The molecular formula is C17H21NO. The third kappa shape index (κ3) is 3.58. The van der Waals surface area contributed by atoms with E-state index >= 15 is 0 Å². The maximum atomic E-state index is 9.79. The SMILES string of the molecule is CC(C)C(NCc1ccccc1O)c1ccccc1. The van der Waals surface area contributed by atoms with Crippen LogP contribution in [0, 0.1) is 5.92 Å². The molecule has 2 nitrogen and oxygen atoms in total. The number of hydrogen-bond acceptors (Lipinski definition) is 2. The summed E-state index contributed by atoms with van der Waals surface area (Å²) < 4.78 is 0. The number of phenolic OH excluding ortho intramolecular Hbond substituents is 1. The number of phenols is 1. The lowest BCUT2D eigenvalue weighted by molar-refractivity contribution is 0.402. The van der Waals surface area contributed by atoms with Crippen LogP contribution in [-0.4, -0.2) is 5.11 Å². The fourth-order valence-corrected chi connectivity index (χ4v) is 2.28. The molecule has 0 saturated carbocycles. The van der Waals surface area contributed by atoms with Crippen LogP contribution < -0.4 is 5.32 Å². The minimum absolute atomic E-state index is 0.292. The zero-order valence-corrected chi connectivity index (χ0v) is 11.5. The summed E-state index contributed by atoms with van der Waals surface area (Å²) in [6, 6.07) is 18.2. The zero-order chi connectivity index (χ0) is 13.7. The Morgan fingerprint density at radius 2 is 1.58 bits per heavy atom. The Morgan fingerprint density at radius 1 is 0.947 bits per heavy atom. The molecule has 100 valence electrons. The molecular weight excluding hydrogens is 234 g/mol. The van der Waals surface area contributed by atoms with Gasteiger partial charge in [0.2, 0.25) is 0 Å². The van der Waals surface area contributed by atoms with Gasteiger partial charge in [-0.05, 0) is 17.5 Å². The van der Waals surface area contributed by atoms with Gasteiger partial charge in [-0.2, -0.15) is 0 Å². The molecule has 2 N–H and O–H groups in total. The van der Waals surface area contributed by atoms with Crippen molar-refractivity contribution in [3.63, 3.8) is 0 Å². The second-order valence-electron chi connectivity index (χ2n) is 5.14. The van der Waals surface area contributed by atoms with E-state index in [4.69, 9.17) is 0 Å². The fraction of sp³-hybridized carbons (Fsp3) is 0.294. The van der Waals surface area contributed by atoms with E-state index in [1.807, 2.05) is 24.3 Å². The first-order chi connectivity index (χ1) is 9.18. The van der Waals surface area contributed by atoms with E-state index in [-0.39, 0.29) is 0 Å². The number of hydrogen-bond donors (Lipinski definition) is 2. The highest BCUT2D eigenvalue weighted by Crippen LogP contribution is 2.23. The summed E-state index contributed by atoms with van der Waals surface area (Å²) in [5.74, 6) is 0.846. The van der Waals surface area contributed by atoms with Gasteiger partial charge in [0, 0.05) is 18.2 Å². The summed E-state index contributed by atoms with van der Waals surface area (Å²) in [5.41, 5.74) is 2.22. The summed E-state index contributed by atoms with van der Waals surface area (Å²) in [7, 11) is 0. The molecule has 1 atom stereocenters. The average molecular weight is 255 g/mol. The van der Waals surface area contributed by atoms with Crippen molar-refractivity contribution in [2.75, 3.05) is 0 Å². The molecule has 0 spiro atoms. The number of nitrogens with one attached hydrogen (secondary N) is 1. The summed E-state index contributed by atoms with van der Waals surface area (Å²) in [6.45, 7) is 5.08. The van der Waals surface area contributed by atoms with Gasteiger partial charge in [0.05, 0.1) is 0 Å². The minimum Gasteiger partial charge on any atom is -0.508 e. The first kappa shape index (κ1) is 13.6. The summed E-state index contributed by atoms with van der Waals surface area (Å²) in [6.07, 6.45) is 0. The van der Waals surface area contributed by atoms with E-state index in [9.17, 15) is 5.11 Å². The smallest absolute Gasteiger partial charge is 0.120 e. The van der Waals surface area contributed by atoms with Crippen LogP contribution in [0.3, 0.4) is 0 Å². The maximum absolute atomic E-state index is 9.79. The molecule has 2 rings (SSSR count). The van der Waals surface area contributed by atoms with E-state index in [0.29, 0.717) is 24.3 Å². The maximum Gasteiger partial charge on any atom is 0.120 e. The van der Waals surface area contributed by atoms with E-state index in [1.54, 1.807) is 6.07 Å². The highest BCUT2D eigenvalue weighted by atomic mass is 16.3. The predicted octanol–water partition coefficient (Wildman–Crippen LogP) is 3.88. The number of para-hydroxylation sites is 1. The lowest BCUT2D eigenvalue weighted by atomic mass is 9.96. The molecule has 0 radical (unpaired) electrons. The van der Waals surface area contributed by atoms with E-state index in [1.165, 1.54) is 5.56 Å². The predicted molar refractivity (Wildman–Crippen MR) is 79.0 cm³/mol. The molecule has 2 aromatic carbocycles. The van der Waals surface area contributed by atoms with Crippen molar-refractivity contribution in [3.8, 4) is 5.75 Å². The van der Waals surface area contributed by atoms with Crippen LogP contribution in [0.25, 0.3) is 0 Å². The molecule has 0 aliphatic rings. The Labute approximate surface area is 115 Å². The van der Waals surface area contributed by atoms with E-state index in [2.05, 4.69) is 43.4 Å². The Morgan fingerprint density at radius 3 is 2.21 bits per heavy atom. The van der Waals surface area contributed by atoms with Gasteiger partial charge in [0.15, 0.2) is 0 Å². The van der Waals surface area contributed by atoms with Gasteiger partial charge < -0.3 is 10.4 Å². The van der Waals surface area contributed by atoms with Gasteiger partial charge in [-0.3, -0.25) is 0 Å². The zero-order valence-electron chi connectivity index (χ0n) is 11.5. The number of rotatable bonds is 5. The molecule has 0 heterocycles. The van der Waals surface area contributed by atoms with Crippen LogP contribution in [0.2, 0.25) is 0 Å². The Balaban J connectivity index is 2.09. The second-order valence-corrected chi connectivity index (χ2v) is 5.14. The van der Waals surface area contributed by atoms with Gasteiger partial charge in [-0.25, -0.2) is 0 Å². The fourth-order valence-electron chi connectivity index (χ4n) is 2.28. The summed E-state index contributed by atoms with van der Waals surface area (Å²) in [4.78, 5) is 0. The van der Waals surface area contributed by atoms with Crippen LogP contribution in [0.15, 0.2) is 54.6 Å². The second kappa shape index (κ2) is 6.39. The topological polar surface area (TPSA) is 32.3 Å². The van der Waals surface area contributed by atoms with Crippen LogP contribution >= 0.6 is 0 Å². The van der Waals surface area contributed by atoms with Gasteiger partial charge in [0.1, 0.15) is 5.75 Å². The molecule has 2 aromatic rings. The summed E-state index contributed by atoms with van der Waals surface area (Å²) in [5, 5.41) is 13.3. The average Bonchev–Trinajstić information content (AvgIpc) is 2.42. The molecule has 0 aliphatic carbocycles. The van der Waals surface area contributed by atoms with Gasteiger partial charge >= 0.3 is 0 Å². The Bertz CT molecular complexity index is 508. The van der Waals surface area contributed by atoms with Crippen LogP contribution in [0.4, 0.5) is 0 Å². The molecule has 0 saturated heterocycles. The van der Waals surface area contributed by atoms with Crippen molar-refractivity contribution in [1.29, 1.82) is 0 Å². The highest BCUT2D eigenvalue weighted by molar-refractivity contribution is 5.31. The standard InChI is InChI=1S/C17H21NO/c1-13(2)17(14-8-4-3-5-9-14)18-12-15-10-6-7-11-16(15)19/h3-11,13,17-19H,12H2,1-2H3. The lowest BCUT2D eigenvalue weighted by Crippen LogP contribution is -2.25. The summed E-state index contributed by atoms with van der Waals surface area (Å²) >= 11 is 0. The molecule has 0 aromatic heterocycles. The van der Waals surface area contributed by atoms with E-state index in [0.717, 1.165) is 5.56 Å². The van der Waals surface area contributed by atoms with Crippen LogP contribution in [-0.2, 0) is 6.54 Å². The van der Waals surface area contributed by atoms with Crippen LogP contribution in [0.5, 0.6) is 5.75 Å². The molecule has 1 unspecified atom stereocenters. The molecule has 0 bridgehead atoms. The Kier molecular flexibility index (Phi) is 4.58. The first-order valence-electron chi connectivity index (χ1n) is 6.73. The highest BCUT2D eigenvalue weighted by Gasteiger charge is 2.15. The third-order valence-corrected chi connectivity index (χ3v) is 3.33. The number of aromatic hydroxyl groups is 1. The molecule has 0 aliphatic heterocycles. The van der Waals surface area contributed by atoms with Gasteiger partial charge in [-0.15, -0.1) is 0 Å². The van der Waals surface area contributed by atoms with Crippen LogP contribution in [0.1, 0.15) is 31.0 Å². The largest absolute Gasteiger partial charge is 0.508 e. The van der Waals surface area contributed by atoms with Crippen molar-refractivity contribution < 1.29 is 5.11 Å². The lowest BCUT2D eigenvalue weighted by Gasteiger charge is -2.23. The first-order valence-corrected chi connectivity index (χ1v) is 6.73. The normalized spacial score (nSPS) is 12.6. The molecule has 0 amide bonds. The molecule has 2 heteroatoms. The van der Waals surface area contributed by atoms with Gasteiger partial charge in [-0.1, -0.05) is 62.4 Å². The third-order valence-electron chi connectivity index (χ3n) is 3.33. The molecule has 0 fully saturated rings. The van der Waals surface area contributed by atoms with Crippen molar-refractivity contribution in [2.45, 2.75) is 26.4 Å². The van der Waals surface area contributed by atoms with Crippen molar-refractivity contribution in [2.24, 2.45) is 5.92 Å².